The average molecular weight is 242 g/mol. The highest BCUT2D eigenvalue weighted by Gasteiger charge is 1.98. The van der Waals surface area contributed by atoms with Gasteiger partial charge in [0.05, 0.1) is 0 Å². The highest BCUT2D eigenvalue weighted by molar-refractivity contribution is 9.10. The molecule has 0 aliphatic heterocycles. The van der Waals surface area contributed by atoms with Crippen LogP contribution in [0.4, 0.5) is 0 Å². The Kier molecular flexibility index (Phi) is 4.46. The molecule has 0 radical (unpaired) electrons. The summed E-state index contributed by atoms with van der Waals surface area (Å²) in [6, 6.07) is 9.14. The molecule has 0 fully saturated rings. The maximum Gasteiger partial charge on any atom is 0.0175 e. The summed E-state index contributed by atoms with van der Waals surface area (Å²) in [6.45, 7) is 2.21. The number of benzene rings is 1. The van der Waals surface area contributed by atoms with E-state index in [4.69, 9.17) is 0 Å². The molecule has 0 aliphatic carbocycles. The molecule has 0 saturated heterocycles. The minimum atomic E-state index is 0.601. The minimum Gasteiger partial charge on any atom is -0.317 e. The first-order valence-electron chi connectivity index (χ1n) is 4.64. The smallest absolute Gasteiger partial charge is 0.0175 e. The Morgan fingerprint density at radius 2 is 1.92 bits per heavy atom. The van der Waals surface area contributed by atoms with Crippen molar-refractivity contribution in [3.63, 3.8) is 0 Å². The van der Waals surface area contributed by atoms with Crippen molar-refractivity contribution in [1.82, 2.24) is 5.32 Å². The number of nitrogens with one attached hydrogen (secondary N) is 1. The molecular weight excluding hydrogens is 226 g/mol. The van der Waals surface area contributed by atoms with E-state index in [1.54, 1.807) is 0 Å². The second-order valence-electron chi connectivity index (χ2n) is 3.35. The SMILES string of the molecule is CNC(C)CCc1ccc(Br)cc1. The molecule has 0 heterocycles. The first kappa shape index (κ1) is 10.7. The quantitative estimate of drug-likeness (QED) is 0.855. The normalized spacial score (nSPS) is 12.8. The standard InChI is InChI=1S/C11H16BrN/c1-9(13-2)3-4-10-5-7-11(12)8-6-10/h5-9,13H,3-4H2,1-2H3. The van der Waals surface area contributed by atoms with Crippen molar-refractivity contribution < 1.29 is 0 Å². The molecule has 1 aromatic rings. The molecule has 1 rings (SSSR count). The zero-order valence-electron chi connectivity index (χ0n) is 8.18. The third-order valence-electron chi connectivity index (χ3n) is 2.27. The summed E-state index contributed by atoms with van der Waals surface area (Å²) in [7, 11) is 2.01. The maximum atomic E-state index is 3.43. The van der Waals surface area contributed by atoms with Crippen molar-refractivity contribution in [1.29, 1.82) is 0 Å². The first-order chi connectivity index (χ1) is 6.22. The Bertz CT molecular complexity index is 243. The van der Waals surface area contributed by atoms with Crippen LogP contribution < -0.4 is 5.32 Å². The van der Waals surface area contributed by atoms with E-state index in [1.165, 1.54) is 12.0 Å². The fourth-order valence-electron chi connectivity index (χ4n) is 1.18. The Hall–Kier alpha value is -0.340. The van der Waals surface area contributed by atoms with Crippen LogP contribution >= 0.6 is 15.9 Å². The van der Waals surface area contributed by atoms with E-state index in [9.17, 15) is 0 Å². The van der Waals surface area contributed by atoms with E-state index >= 15 is 0 Å². The summed E-state index contributed by atoms with van der Waals surface area (Å²) in [5.74, 6) is 0. The monoisotopic (exact) mass is 241 g/mol. The van der Waals surface area contributed by atoms with Gasteiger partial charge in [-0.3, -0.25) is 0 Å². The van der Waals surface area contributed by atoms with Crippen molar-refractivity contribution in [3.05, 3.63) is 34.3 Å². The van der Waals surface area contributed by atoms with Crippen LogP contribution in [0.2, 0.25) is 0 Å². The van der Waals surface area contributed by atoms with E-state index in [-0.39, 0.29) is 0 Å². The van der Waals surface area contributed by atoms with Gasteiger partial charge < -0.3 is 5.32 Å². The number of hydrogen-bond donors (Lipinski definition) is 1. The topological polar surface area (TPSA) is 12.0 Å². The van der Waals surface area contributed by atoms with Crippen LogP contribution in [0.15, 0.2) is 28.7 Å². The highest BCUT2D eigenvalue weighted by Crippen LogP contribution is 2.12. The predicted molar refractivity (Wildman–Crippen MR) is 61.0 cm³/mol. The summed E-state index contributed by atoms with van der Waals surface area (Å²) in [5.41, 5.74) is 1.41. The van der Waals surface area contributed by atoms with Gasteiger partial charge in [-0.1, -0.05) is 28.1 Å². The van der Waals surface area contributed by atoms with Gasteiger partial charge in [-0.25, -0.2) is 0 Å². The number of aryl methyl sites for hydroxylation is 1. The zero-order valence-corrected chi connectivity index (χ0v) is 9.76. The van der Waals surface area contributed by atoms with Gasteiger partial charge in [-0.05, 0) is 44.5 Å². The molecule has 0 saturated carbocycles. The minimum absolute atomic E-state index is 0.601. The molecular formula is C11H16BrN. The summed E-state index contributed by atoms with van der Waals surface area (Å²) in [6.07, 6.45) is 2.34. The van der Waals surface area contributed by atoms with Crippen molar-refractivity contribution in [2.75, 3.05) is 7.05 Å². The lowest BCUT2D eigenvalue weighted by molar-refractivity contribution is 0.565. The largest absolute Gasteiger partial charge is 0.317 e. The van der Waals surface area contributed by atoms with Crippen LogP contribution in [-0.4, -0.2) is 13.1 Å². The van der Waals surface area contributed by atoms with Gasteiger partial charge in [0.15, 0.2) is 0 Å². The van der Waals surface area contributed by atoms with Gasteiger partial charge in [0.25, 0.3) is 0 Å². The van der Waals surface area contributed by atoms with Gasteiger partial charge in [0.1, 0.15) is 0 Å². The fourth-order valence-corrected chi connectivity index (χ4v) is 1.44. The molecule has 72 valence electrons. The van der Waals surface area contributed by atoms with E-state index in [0.717, 1.165) is 10.9 Å². The Morgan fingerprint density at radius 1 is 1.31 bits per heavy atom. The lowest BCUT2D eigenvalue weighted by Crippen LogP contribution is -2.21. The fraction of sp³-hybridized carbons (Fsp3) is 0.455. The van der Waals surface area contributed by atoms with Gasteiger partial charge in [0, 0.05) is 10.5 Å². The van der Waals surface area contributed by atoms with Gasteiger partial charge in [-0.2, -0.15) is 0 Å². The molecule has 0 spiro atoms. The zero-order chi connectivity index (χ0) is 9.68. The Labute approximate surface area is 88.7 Å². The molecule has 1 unspecified atom stereocenters. The lowest BCUT2D eigenvalue weighted by atomic mass is 10.1. The van der Waals surface area contributed by atoms with Crippen molar-refractivity contribution >= 4 is 15.9 Å². The summed E-state index contributed by atoms with van der Waals surface area (Å²) < 4.78 is 1.15. The highest BCUT2D eigenvalue weighted by atomic mass is 79.9. The van der Waals surface area contributed by atoms with Crippen LogP contribution in [0.5, 0.6) is 0 Å². The van der Waals surface area contributed by atoms with E-state index in [2.05, 4.69) is 52.4 Å². The summed E-state index contributed by atoms with van der Waals surface area (Å²) in [5, 5.41) is 3.24. The second kappa shape index (κ2) is 5.40. The maximum absolute atomic E-state index is 3.43. The van der Waals surface area contributed by atoms with Crippen molar-refractivity contribution in [2.45, 2.75) is 25.8 Å². The molecule has 1 aromatic carbocycles. The van der Waals surface area contributed by atoms with E-state index in [1.807, 2.05) is 7.05 Å². The molecule has 1 N–H and O–H groups in total. The van der Waals surface area contributed by atoms with E-state index < -0.39 is 0 Å². The molecule has 1 nitrogen and oxygen atoms in total. The van der Waals surface area contributed by atoms with Crippen LogP contribution in [0, 0.1) is 0 Å². The number of hydrogen-bond acceptors (Lipinski definition) is 1. The third-order valence-corrected chi connectivity index (χ3v) is 2.80. The third kappa shape index (κ3) is 3.92. The van der Waals surface area contributed by atoms with Crippen LogP contribution in [0.3, 0.4) is 0 Å². The summed E-state index contributed by atoms with van der Waals surface area (Å²) >= 11 is 3.43. The molecule has 0 bridgehead atoms. The van der Waals surface area contributed by atoms with Gasteiger partial charge in [0.2, 0.25) is 0 Å². The van der Waals surface area contributed by atoms with Gasteiger partial charge in [-0.15, -0.1) is 0 Å². The van der Waals surface area contributed by atoms with Gasteiger partial charge >= 0.3 is 0 Å². The molecule has 0 amide bonds. The number of rotatable bonds is 4. The Balaban J connectivity index is 2.41. The summed E-state index contributed by atoms with van der Waals surface area (Å²) in [4.78, 5) is 0. The molecule has 0 aromatic heterocycles. The first-order valence-corrected chi connectivity index (χ1v) is 5.43. The Morgan fingerprint density at radius 3 is 2.46 bits per heavy atom. The van der Waals surface area contributed by atoms with Crippen LogP contribution in [0.1, 0.15) is 18.9 Å². The lowest BCUT2D eigenvalue weighted by Gasteiger charge is -2.09. The van der Waals surface area contributed by atoms with Crippen LogP contribution in [0.25, 0.3) is 0 Å². The molecule has 13 heavy (non-hydrogen) atoms. The van der Waals surface area contributed by atoms with Crippen molar-refractivity contribution in [3.8, 4) is 0 Å². The average Bonchev–Trinajstić information content (AvgIpc) is 2.16. The molecule has 1 atom stereocenters. The number of halogens is 1. The van der Waals surface area contributed by atoms with Crippen LogP contribution in [-0.2, 0) is 6.42 Å². The molecule has 2 heteroatoms. The molecule has 0 aliphatic rings. The predicted octanol–water partition coefficient (Wildman–Crippen LogP) is 2.99. The van der Waals surface area contributed by atoms with Crippen molar-refractivity contribution in [2.24, 2.45) is 0 Å². The second-order valence-corrected chi connectivity index (χ2v) is 4.27. The van der Waals surface area contributed by atoms with E-state index in [0.29, 0.717) is 6.04 Å².